The normalized spacial score (nSPS) is 12.0. The van der Waals surface area contributed by atoms with Gasteiger partial charge in [-0.25, -0.2) is 0 Å². The van der Waals surface area contributed by atoms with Crippen molar-refractivity contribution < 1.29 is 9.63 Å². The zero-order chi connectivity index (χ0) is 19.1. The Labute approximate surface area is 155 Å². The molecule has 0 unspecified atom stereocenters. The molecule has 2 aromatic rings. The Morgan fingerprint density at radius 3 is 1.73 bits per heavy atom. The van der Waals surface area contributed by atoms with Crippen LogP contribution in [0.2, 0.25) is 0 Å². The quantitative estimate of drug-likeness (QED) is 0.447. The van der Waals surface area contributed by atoms with E-state index in [-0.39, 0.29) is 0 Å². The maximum absolute atomic E-state index is 11.1. The summed E-state index contributed by atoms with van der Waals surface area (Å²) in [6.07, 6.45) is 4.53. The van der Waals surface area contributed by atoms with Crippen molar-refractivity contribution in [2.24, 2.45) is 0 Å². The fourth-order valence-electron chi connectivity index (χ4n) is 2.57. The Morgan fingerprint density at radius 1 is 0.808 bits per heavy atom. The smallest absolute Gasteiger partial charge is 0.211 e. The second-order valence-electron chi connectivity index (χ2n) is 6.37. The van der Waals surface area contributed by atoms with E-state index >= 15 is 0 Å². The molecule has 0 atom stereocenters. The predicted molar refractivity (Wildman–Crippen MR) is 107 cm³/mol. The second kappa shape index (κ2) is 9.02. The highest BCUT2D eigenvalue weighted by molar-refractivity contribution is 5.69. The van der Waals surface area contributed by atoms with Gasteiger partial charge in [0.1, 0.15) is 0 Å². The minimum atomic E-state index is 0.628. The van der Waals surface area contributed by atoms with Gasteiger partial charge in [-0.3, -0.25) is 15.1 Å². The molecule has 136 valence electrons. The molecule has 0 bridgehead atoms. The second-order valence-corrected chi connectivity index (χ2v) is 6.37. The van der Waals surface area contributed by atoms with Gasteiger partial charge in [0.15, 0.2) is 0 Å². The van der Waals surface area contributed by atoms with Crippen molar-refractivity contribution in [1.29, 1.82) is 0 Å². The molecule has 0 saturated carbocycles. The maximum atomic E-state index is 11.1. The van der Waals surface area contributed by atoms with Crippen LogP contribution >= 0.6 is 0 Å². The molecule has 0 saturated heterocycles. The Bertz CT molecular complexity index is 851. The van der Waals surface area contributed by atoms with Crippen LogP contribution in [0.5, 0.6) is 0 Å². The zero-order valence-electron chi connectivity index (χ0n) is 16.0. The van der Waals surface area contributed by atoms with Crippen molar-refractivity contribution in [1.82, 2.24) is 10.8 Å². The molecule has 0 radical (unpaired) electrons. The first-order valence-electron chi connectivity index (χ1n) is 8.52. The average Bonchev–Trinajstić information content (AvgIpc) is 2.60. The van der Waals surface area contributed by atoms with Crippen LogP contribution < -0.4 is 10.8 Å². The molecule has 26 heavy (non-hydrogen) atoms. The van der Waals surface area contributed by atoms with E-state index in [1.54, 1.807) is 7.11 Å². The minimum absolute atomic E-state index is 0.628. The van der Waals surface area contributed by atoms with Crippen LogP contribution in [0, 0.1) is 27.7 Å². The van der Waals surface area contributed by atoms with Crippen LogP contribution in [0.1, 0.15) is 33.4 Å². The summed E-state index contributed by atoms with van der Waals surface area (Å²) in [5.41, 5.74) is 11.1. The lowest BCUT2D eigenvalue weighted by molar-refractivity contribution is -0.108. The Kier molecular flexibility index (Phi) is 6.75. The van der Waals surface area contributed by atoms with Gasteiger partial charge in [0.25, 0.3) is 0 Å². The summed E-state index contributed by atoms with van der Waals surface area (Å²) < 4.78 is 0. The van der Waals surface area contributed by atoms with E-state index in [9.17, 15) is 4.79 Å². The first kappa shape index (κ1) is 19.5. The predicted octanol–water partition coefficient (Wildman–Crippen LogP) is 4.20. The number of carbonyl (C=O) groups is 1. The Hall–Kier alpha value is -2.85. The Morgan fingerprint density at radius 2 is 1.31 bits per heavy atom. The molecular formula is C22H26N2O2. The molecule has 4 nitrogen and oxygen atoms in total. The van der Waals surface area contributed by atoms with Crippen LogP contribution in [-0.2, 0) is 9.63 Å². The number of hydrogen-bond acceptors (Lipinski definition) is 3. The highest BCUT2D eigenvalue weighted by atomic mass is 16.6. The van der Waals surface area contributed by atoms with Crippen molar-refractivity contribution in [3.8, 4) is 0 Å². The lowest BCUT2D eigenvalue weighted by Gasteiger charge is -2.13. The fraction of sp³-hybridized carbons (Fsp3) is 0.227. The number of benzene rings is 2. The first-order chi connectivity index (χ1) is 12.4. The molecule has 0 heterocycles. The first-order valence-corrected chi connectivity index (χ1v) is 8.52. The number of amides is 1. The number of hydrogen-bond donors (Lipinski definition) is 2. The summed E-state index contributed by atoms with van der Waals surface area (Å²) in [5.74, 6) is 0. The van der Waals surface area contributed by atoms with Crippen molar-refractivity contribution in [3.63, 3.8) is 0 Å². The van der Waals surface area contributed by atoms with Gasteiger partial charge in [-0.15, -0.1) is 0 Å². The van der Waals surface area contributed by atoms with E-state index in [1.165, 1.54) is 22.3 Å². The summed E-state index contributed by atoms with van der Waals surface area (Å²) >= 11 is 0. The van der Waals surface area contributed by atoms with Gasteiger partial charge in [0.05, 0.1) is 18.5 Å². The molecule has 0 spiro atoms. The number of nitrogens with one attached hydrogen (secondary N) is 2. The van der Waals surface area contributed by atoms with Crippen molar-refractivity contribution >= 4 is 18.6 Å². The van der Waals surface area contributed by atoms with Gasteiger partial charge in [-0.1, -0.05) is 36.4 Å². The van der Waals surface area contributed by atoms with Gasteiger partial charge in [-0.05, 0) is 73.2 Å². The molecule has 0 aliphatic carbocycles. The fourth-order valence-corrected chi connectivity index (χ4v) is 2.57. The topological polar surface area (TPSA) is 50.4 Å². The number of rotatable bonds is 7. The third kappa shape index (κ3) is 5.07. The summed E-state index contributed by atoms with van der Waals surface area (Å²) in [6, 6.07) is 12.4. The molecule has 0 fully saturated rings. The van der Waals surface area contributed by atoms with Gasteiger partial charge in [-0.2, -0.15) is 0 Å². The van der Waals surface area contributed by atoms with Crippen molar-refractivity contribution in [2.75, 3.05) is 7.11 Å². The van der Waals surface area contributed by atoms with E-state index in [0.29, 0.717) is 17.8 Å². The standard InChI is InChI=1S/C22H26N2O2/c1-15-6-8-19(10-17(15)3)12-21(23-14-25)22(24-26-5)13-20-9-7-16(2)18(4)11-20/h6-14,24H,1-5H3,(H,23,25)/b21-12-,22-13-. The minimum Gasteiger partial charge on any atom is -0.327 e. The molecule has 2 aromatic carbocycles. The zero-order valence-corrected chi connectivity index (χ0v) is 16.0. The highest BCUT2D eigenvalue weighted by Gasteiger charge is 2.07. The number of hydroxylamine groups is 1. The van der Waals surface area contributed by atoms with Crippen LogP contribution in [0.25, 0.3) is 12.2 Å². The SMILES string of the molecule is CONC(=C\c1ccc(C)c(C)c1)/C(=C/c1ccc(C)c(C)c1)NC=O. The lowest BCUT2D eigenvalue weighted by Crippen LogP contribution is -2.21. The molecule has 4 heteroatoms. The van der Waals surface area contributed by atoms with Crippen molar-refractivity contribution in [3.05, 3.63) is 81.2 Å². The maximum Gasteiger partial charge on any atom is 0.211 e. The lowest BCUT2D eigenvalue weighted by atomic mass is 10.0. The van der Waals surface area contributed by atoms with E-state index in [0.717, 1.165) is 11.1 Å². The van der Waals surface area contributed by atoms with E-state index in [1.807, 2.05) is 24.3 Å². The third-order valence-electron chi connectivity index (χ3n) is 4.40. The third-order valence-corrected chi connectivity index (χ3v) is 4.40. The monoisotopic (exact) mass is 350 g/mol. The van der Waals surface area contributed by atoms with Crippen molar-refractivity contribution in [2.45, 2.75) is 27.7 Å². The Balaban J connectivity index is 2.48. The van der Waals surface area contributed by atoms with Gasteiger partial charge in [0, 0.05) is 0 Å². The van der Waals surface area contributed by atoms with E-state index < -0.39 is 0 Å². The van der Waals surface area contributed by atoms with Crippen LogP contribution in [-0.4, -0.2) is 13.5 Å². The van der Waals surface area contributed by atoms with Crippen LogP contribution in [0.15, 0.2) is 47.8 Å². The van der Waals surface area contributed by atoms with E-state index in [2.05, 4.69) is 62.8 Å². The van der Waals surface area contributed by atoms with E-state index in [4.69, 9.17) is 4.84 Å². The largest absolute Gasteiger partial charge is 0.327 e. The summed E-state index contributed by atoms with van der Waals surface area (Å²) in [5, 5.41) is 2.77. The molecule has 1 amide bonds. The van der Waals surface area contributed by atoms with Gasteiger partial charge < -0.3 is 5.32 Å². The van der Waals surface area contributed by atoms with Gasteiger partial charge >= 0.3 is 0 Å². The van der Waals surface area contributed by atoms with Crippen LogP contribution in [0.4, 0.5) is 0 Å². The molecule has 0 aromatic heterocycles. The number of aryl methyl sites for hydroxylation is 4. The highest BCUT2D eigenvalue weighted by Crippen LogP contribution is 2.18. The summed E-state index contributed by atoms with van der Waals surface area (Å²) in [6.45, 7) is 8.30. The molecule has 2 N–H and O–H groups in total. The number of carbonyl (C=O) groups excluding carboxylic acids is 1. The molecular weight excluding hydrogens is 324 g/mol. The molecule has 0 aliphatic rings. The molecule has 2 rings (SSSR count). The van der Waals surface area contributed by atoms with Gasteiger partial charge in [0.2, 0.25) is 6.41 Å². The molecule has 0 aliphatic heterocycles. The van der Waals surface area contributed by atoms with Crippen LogP contribution in [0.3, 0.4) is 0 Å². The summed E-state index contributed by atoms with van der Waals surface area (Å²) in [4.78, 5) is 16.3. The summed E-state index contributed by atoms with van der Waals surface area (Å²) in [7, 11) is 1.54. The average molecular weight is 350 g/mol.